The lowest BCUT2D eigenvalue weighted by atomic mass is 10.7. The normalized spacial score (nSPS) is 11.8. The standard InChI is InChI=1S/C4H2F3NO.CH4O3S/c5-4(6,7)3-8-1-2-9-3;1-5(2,3)4/h1-2H;1H3,(H,2,3,4). The Balaban J connectivity index is 0.000000292. The lowest BCUT2D eigenvalue weighted by molar-refractivity contribution is -0.436. The Kier molecular flexibility index (Phi) is 4.08. The van der Waals surface area contributed by atoms with Gasteiger partial charge in [-0.15, -0.1) is 0 Å². The number of rotatable bonds is 0. The van der Waals surface area contributed by atoms with E-state index in [-0.39, 0.29) is 0 Å². The minimum absolute atomic E-state index is 0.604. The lowest BCUT2D eigenvalue weighted by Gasteiger charge is -1.91. The smallest absolute Gasteiger partial charge is 0.517 e. The molecule has 0 radical (unpaired) electrons. The number of aromatic nitrogens is 1. The topological polar surface area (TPSA) is 84.5 Å². The van der Waals surface area contributed by atoms with Crippen molar-refractivity contribution in [1.82, 2.24) is 0 Å². The molecule has 0 aromatic carbocycles. The Labute approximate surface area is 77.3 Å². The molecule has 0 amide bonds. The number of aromatic amines is 1. The van der Waals surface area contributed by atoms with Crippen LogP contribution in [0.1, 0.15) is 5.89 Å². The Morgan fingerprint density at radius 3 is 2.07 bits per heavy atom. The highest BCUT2D eigenvalue weighted by molar-refractivity contribution is 7.84. The van der Waals surface area contributed by atoms with Crippen LogP contribution >= 0.6 is 0 Å². The number of H-pyrrole nitrogens is 1. The van der Waals surface area contributed by atoms with Crippen LogP contribution in [0.15, 0.2) is 16.9 Å². The fourth-order valence-corrected chi connectivity index (χ4v) is 0.394. The Morgan fingerprint density at radius 2 is 1.93 bits per heavy atom. The van der Waals surface area contributed by atoms with E-state index in [2.05, 4.69) is 4.42 Å². The van der Waals surface area contributed by atoms with Gasteiger partial charge in [0, 0.05) is 6.26 Å². The summed E-state index contributed by atoms with van der Waals surface area (Å²) in [4.78, 5) is 1.89. The monoisotopic (exact) mass is 233 g/mol. The minimum Gasteiger partial charge on any atom is -0.748 e. The molecule has 0 atom stereocenters. The summed E-state index contributed by atoms with van der Waals surface area (Å²) >= 11 is 0. The van der Waals surface area contributed by atoms with E-state index in [1.807, 2.05) is 4.98 Å². The summed E-state index contributed by atoms with van der Waals surface area (Å²) in [5.41, 5.74) is 0. The number of nitrogens with one attached hydrogen (secondary N) is 1. The third-order valence-corrected chi connectivity index (χ3v) is 0.726. The molecule has 1 heterocycles. The van der Waals surface area contributed by atoms with Crippen LogP contribution in [0.5, 0.6) is 0 Å². The second-order valence-electron chi connectivity index (χ2n) is 2.10. The molecule has 1 aromatic rings. The molecule has 82 valence electrons. The Hall–Kier alpha value is -1.09. The van der Waals surface area contributed by atoms with Gasteiger partial charge in [0.05, 0.1) is 10.1 Å². The predicted molar refractivity (Wildman–Crippen MR) is 35.9 cm³/mol. The maximum atomic E-state index is 11.5. The summed E-state index contributed by atoms with van der Waals surface area (Å²) in [5.74, 6) is -1.08. The van der Waals surface area contributed by atoms with E-state index in [1.54, 1.807) is 0 Å². The van der Waals surface area contributed by atoms with Crippen molar-refractivity contribution in [2.24, 2.45) is 0 Å². The molecular formula is C5H6F3NO4S. The van der Waals surface area contributed by atoms with Crippen molar-refractivity contribution in [3.63, 3.8) is 0 Å². The van der Waals surface area contributed by atoms with Crippen molar-refractivity contribution in [2.45, 2.75) is 6.18 Å². The van der Waals surface area contributed by atoms with Gasteiger partial charge in [-0.1, -0.05) is 0 Å². The molecule has 0 bridgehead atoms. The SMILES string of the molecule is CS(=O)(=O)[O-].FC(F)(F)c1[nH+]cco1. The number of alkyl halides is 3. The van der Waals surface area contributed by atoms with Gasteiger partial charge >= 0.3 is 12.1 Å². The first kappa shape index (κ1) is 12.9. The van der Waals surface area contributed by atoms with Gasteiger partial charge in [0.15, 0.2) is 6.26 Å². The van der Waals surface area contributed by atoms with E-state index < -0.39 is 22.2 Å². The third kappa shape index (κ3) is 7.55. The van der Waals surface area contributed by atoms with E-state index in [1.165, 1.54) is 0 Å². The summed E-state index contributed by atoms with van der Waals surface area (Å²) in [7, 11) is -3.92. The van der Waals surface area contributed by atoms with E-state index in [4.69, 9.17) is 13.0 Å². The van der Waals surface area contributed by atoms with E-state index in [0.29, 0.717) is 6.26 Å². The summed E-state index contributed by atoms with van der Waals surface area (Å²) in [6.07, 6.45) is -1.79. The van der Waals surface area contributed by atoms with Gasteiger partial charge in [0.2, 0.25) is 6.20 Å². The van der Waals surface area contributed by atoms with Crippen molar-refractivity contribution < 1.29 is 35.5 Å². The van der Waals surface area contributed by atoms with Crippen molar-refractivity contribution in [3.05, 3.63) is 18.4 Å². The van der Waals surface area contributed by atoms with Crippen molar-refractivity contribution in [1.29, 1.82) is 0 Å². The van der Waals surface area contributed by atoms with Crippen LogP contribution in [0.4, 0.5) is 13.2 Å². The largest absolute Gasteiger partial charge is 0.748 e. The maximum Gasteiger partial charge on any atom is 0.517 e. The molecule has 1 N–H and O–H groups in total. The van der Waals surface area contributed by atoms with Gasteiger partial charge in [0.25, 0.3) is 0 Å². The fourth-order valence-electron chi connectivity index (χ4n) is 0.394. The molecule has 1 aromatic heterocycles. The van der Waals surface area contributed by atoms with Gasteiger partial charge in [-0.2, -0.15) is 18.2 Å². The van der Waals surface area contributed by atoms with Crippen molar-refractivity contribution in [2.75, 3.05) is 6.26 Å². The second kappa shape index (κ2) is 4.42. The highest BCUT2D eigenvalue weighted by atomic mass is 32.2. The van der Waals surface area contributed by atoms with Crippen LogP contribution in [0.25, 0.3) is 0 Å². The fraction of sp³-hybridized carbons (Fsp3) is 0.400. The molecule has 0 fully saturated rings. The van der Waals surface area contributed by atoms with Crippen LogP contribution < -0.4 is 4.98 Å². The lowest BCUT2D eigenvalue weighted by Crippen LogP contribution is -2.16. The van der Waals surface area contributed by atoms with Crippen LogP contribution in [0.2, 0.25) is 0 Å². The number of hydrogen-bond donors (Lipinski definition) is 0. The zero-order chi connectivity index (χ0) is 11.4. The van der Waals surface area contributed by atoms with Gasteiger partial charge in [-0.05, 0) is 0 Å². The van der Waals surface area contributed by atoms with E-state index >= 15 is 0 Å². The summed E-state index contributed by atoms with van der Waals surface area (Å²) in [6, 6.07) is 0. The highest BCUT2D eigenvalue weighted by Gasteiger charge is 2.42. The van der Waals surface area contributed by atoms with E-state index in [0.717, 1.165) is 12.5 Å². The number of hydrogen-bond acceptors (Lipinski definition) is 4. The molecule has 5 nitrogen and oxygen atoms in total. The van der Waals surface area contributed by atoms with Crippen molar-refractivity contribution >= 4 is 10.1 Å². The molecule has 14 heavy (non-hydrogen) atoms. The molecule has 0 aliphatic carbocycles. The third-order valence-electron chi connectivity index (χ3n) is 0.726. The van der Waals surface area contributed by atoms with Crippen LogP contribution in [-0.4, -0.2) is 19.2 Å². The highest BCUT2D eigenvalue weighted by Crippen LogP contribution is 2.24. The second-order valence-corrected chi connectivity index (χ2v) is 3.50. The molecule has 9 heteroatoms. The summed E-state index contributed by atoms with van der Waals surface area (Å²) in [5, 5.41) is 0. The molecule has 0 aliphatic heterocycles. The van der Waals surface area contributed by atoms with E-state index in [9.17, 15) is 13.2 Å². The molecule has 0 spiro atoms. The van der Waals surface area contributed by atoms with Gasteiger partial charge in [-0.3, -0.25) is 0 Å². The molecular weight excluding hydrogens is 227 g/mol. The molecule has 0 aliphatic rings. The molecule has 0 saturated heterocycles. The van der Waals surface area contributed by atoms with Crippen molar-refractivity contribution in [3.8, 4) is 0 Å². The molecule has 0 saturated carbocycles. The average molecular weight is 233 g/mol. The number of halogens is 3. The molecule has 1 rings (SSSR count). The quantitative estimate of drug-likeness (QED) is 0.602. The van der Waals surface area contributed by atoms with Gasteiger partial charge in [-0.25, -0.2) is 8.42 Å². The summed E-state index contributed by atoms with van der Waals surface area (Å²) in [6.45, 7) is 0. The Morgan fingerprint density at radius 1 is 1.50 bits per heavy atom. The van der Waals surface area contributed by atoms with Gasteiger partial charge in [0.1, 0.15) is 0 Å². The zero-order valence-corrected chi connectivity index (χ0v) is 7.65. The zero-order valence-electron chi connectivity index (χ0n) is 6.83. The first-order valence-electron chi connectivity index (χ1n) is 3.04. The van der Waals surface area contributed by atoms with Crippen LogP contribution in [0.3, 0.4) is 0 Å². The first-order chi connectivity index (χ1) is 6.11. The average Bonchev–Trinajstić information content (AvgIpc) is 2.28. The van der Waals surface area contributed by atoms with Gasteiger partial charge < -0.3 is 8.97 Å². The summed E-state index contributed by atoms with van der Waals surface area (Å²) < 4.78 is 65.7. The Bertz CT molecular complexity index is 347. The van der Waals surface area contributed by atoms with Crippen LogP contribution in [-0.2, 0) is 16.3 Å². The maximum absolute atomic E-state index is 11.5. The predicted octanol–water partition coefficient (Wildman–Crippen LogP) is 0.274. The first-order valence-corrected chi connectivity index (χ1v) is 4.85. The minimum atomic E-state index is -4.40. The molecule has 0 unspecified atom stereocenters. The van der Waals surface area contributed by atoms with Crippen LogP contribution in [0, 0.1) is 0 Å². The number of oxazole rings is 1.